The molecule has 7 nitrogen and oxygen atoms in total. The summed E-state index contributed by atoms with van der Waals surface area (Å²) in [6.45, 7) is 3.29. The van der Waals surface area contributed by atoms with Gasteiger partial charge in [0.05, 0.1) is 6.61 Å². The van der Waals surface area contributed by atoms with Crippen LogP contribution >= 0.6 is 0 Å². The van der Waals surface area contributed by atoms with Crippen molar-refractivity contribution >= 4 is 17.7 Å². The summed E-state index contributed by atoms with van der Waals surface area (Å²) >= 11 is 0. The number of aromatic nitrogens is 1. The Morgan fingerprint density at radius 1 is 1.45 bits per heavy atom. The molecule has 0 saturated carbocycles. The lowest BCUT2D eigenvalue weighted by Gasteiger charge is -2.26. The standard InChI is InChI=1S/C13H18N4O3/c1-2-20-13(19)17-8-5-10(6-9-17)15-16-12(18)11-4-3-7-14-11/h3-4,7,14H,2,5-6,8-9H2,1H3,(H,16,18). The number of aromatic amines is 1. The predicted molar refractivity (Wildman–Crippen MR) is 73.5 cm³/mol. The molecule has 0 atom stereocenters. The average molecular weight is 278 g/mol. The molecule has 2 amide bonds. The van der Waals surface area contributed by atoms with Crippen molar-refractivity contribution in [1.82, 2.24) is 15.3 Å². The van der Waals surface area contributed by atoms with Crippen molar-refractivity contribution in [2.24, 2.45) is 5.10 Å². The van der Waals surface area contributed by atoms with E-state index in [9.17, 15) is 9.59 Å². The van der Waals surface area contributed by atoms with E-state index in [4.69, 9.17) is 4.74 Å². The number of H-pyrrole nitrogens is 1. The molecule has 20 heavy (non-hydrogen) atoms. The molecule has 0 spiro atoms. The number of nitrogens with one attached hydrogen (secondary N) is 2. The van der Waals surface area contributed by atoms with Crippen LogP contribution in [-0.2, 0) is 4.74 Å². The van der Waals surface area contributed by atoms with Crippen LogP contribution in [-0.4, -0.2) is 47.3 Å². The van der Waals surface area contributed by atoms with Crippen molar-refractivity contribution in [3.63, 3.8) is 0 Å². The number of hydrogen-bond acceptors (Lipinski definition) is 4. The number of carbonyl (C=O) groups is 2. The molecule has 0 radical (unpaired) electrons. The quantitative estimate of drug-likeness (QED) is 0.818. The fourth-order valence-corrected chi connectivity index (χ4v) is 1.94. The molecule has 1 aliphatic rings. The SMILES string of the molecule is CCOC(=O)N1CCC(=NNC(=O)c2ccc[nH]2)CC1. The molecular formula is C13H18N4O3. The van der Waals surface area contributed by atoms with Gasteiger partial charge in [0.2, 0.25) is 0 Å². The topological polar surface area (TPSA) is 86.8 Å². The largest absolute Gasteiger partial charge is 0.450 e. The Labute approximate surface area is 117 Å². The van der Waals surface area contributed by atoms with Gasteiger partial charge in [-0.15, -0.1) is 0 Å². The zero-order chi connectivity index (χ0) is 14.4. The van der Waals surface area contributed by atoms with Gasteiger partial charge in [-0.25, -0.2) is 10.2 Å². The van der Waals surface area contributed by atoms with Gasteiger partial charge in [-0.05, 0) is 19.1 Å². The van der Waals surface area contributed by atoms with Crippen LogP contribution < -0.4 is 5.43 Å². The first-order valence-electron chi connectivity index (χ1n) is 6.61. The third-order valence-corrected chi connectivity index (χ3v) is 3.02. The lowest BCUT2D eigenvalue weighted by atomic mass is 10.1. The molecule has 1 fully saturated rings. The first-order valence-corrected chi connectivity index (χ1v) is 6.61. The van der Waals surface area contributed by atoms with Crippen LogP contribution in [0.2, 0.25) is 0 Å². The Morgan fingerprint density at radius 3 is 2.80 bits per heavy atom. The molecule has 2 heterocycles. The van der Waals surface area contributed by atoms with E-state index in [0.29, 0.717) is 38.2 Å². The van der Waals surface area contributed by atoms with Crippen LogP contribution in [0.15, 0.2) is 23.4 Å². The van der Waals surface area contributed by atoms with Crippen LogP contribution in [0.25, 0.3) is 0 Å². The maximum atomic E-state index is 11.7. The third-order valence-electron chi connectivity index (χ3n) is 3.02. The second-order valence-electron chi connectivity index (χ2n) is 4.39. The fourth-order valence-electron chi connectivity index (χ4n) is 1.94. The van der Waals surface area contributed by atoms with Crippen molar-refractivity contribution in [1.29, 1.82) is 0 Å². The zero-order valence-electron chi connectivity index (χ0n) is 11.4. The van der Waals surface area contributed by atoms with Gasteiger partial charge >= 0.3 is 6.09 Å². The van der Waals surface area contributed by atoms with Gasteiger partial charge in [0.25, 0.3) is 5.91 Å². The lowest BCUT2D eigenvalue weighted by Crippen LogP contribution is -2.39. The van der Waals surface area contributed by atoms with Crippen molar-refractivity contribution in [2.75, 3.05) is 19.7 Å². The molecule has 1 saturated heterocycles. The molecule has 108 valence electrons. The van der Waals surface area contributed by atoms with Crippen molar-refractivity contribution in [3.8, 4) is 0 Å². The molecule has 0 aliphatic carbocycles. The van der Waals surface area contributed by atoms with Gasteiger partial charge in [-0.1, -0.05) is 0 Å². The van der Waals surface area contributed by atoms with E-state index in [1.54, 1.807) is 30.2 Å². The number of carbonyl (C=O) groups excluding carboxylic acids is 2. The van der Waals surface area contributed by atoms with Gasteiger partial charge in [0, 0.05) is 37.8 Å². The number of rotatable bonds is 3. The first-order chi connectivity index (χ1) is 9.70. The van der Waals surface area contributed by atoms with Gasteiger partial charge in [-0.3, -0.25) is 4.79 Å². The second kappa shape index (κ2) is 6.74. The smallest absolute Gasteiger partial charge is 0.409 e. The molecular weight excluding hydrogens is 260 g/mol. The maximum absolute atomic E-state index is 11.7. The number of amides is 2. The molecule has 0 bridgehead atoms. The van der Waals surface area contributed by atoms with E-state index >= 15 is 0 Å². The van der Waals surface area contributed by atoms with Gasteiger partial charge < -0.3 is 14.6 Å². The van der Waals surface area contributed by atoms with Gasteiger partial charge in [0.15, 0.2) is 0 Å². The van der Waals surface area contributed by atoms with E-state index in [1.807, 2.05) is 0 Å². The number of likely N-dealkylation sites (tertiary alicyclic amines) is 1. The molecule has 1 aromatic heterocycles. The van der Waals surface area contributed by atoms with Gasteiger partial charge in [-0.2, -0.15) is 5.10 Å². The Hall–Kier alpha value is -2.31. The zero-order valence-corrected chi connectivity index (χ0v) is 11.4. The number of piperidine rings is 1. The number of ether oxygens (including phenoxy) is 1. The van der Waals surface area contributed by atoms with Crippen molar-refractivity contribution in [3.05, 3.63) is 24.0 Å². The molecule has 7 heteroatoms. The third kappa shape index (κ3) is 3.59. The number of hydrazone groups is 1. The highest BCUT2D eigenvalue weighted by Gasteiger charge is 2.20. The van der Waals surface area contributed by atoms with Gasteiger partial charge in [0.1, 0.15) is 5.69 Å². The monoisotopic (exact) mass is 278 g/mol. The minimum absolute atomic E-state index is 0.268. The van der Waals surface area contributed by atoms with Crippen molar-refractivity contribution < 1.29 is 14.3 Å². The van der Waals surface area contributed by atoms with Crippen LogP contribution in [0.5, 0.6) is 0 Å². The summed E-state index contributed by atoms with van der Waals surface area (Å²) in [5.74, 6) is -0.268. The van der Waals surface area contributed by atoms with E-state index in [2.05, 4.69) is 15.5 Å². The Kier molecular flexibility index (Phi) is 4.75. The van der Waals surface area contributed by atoms with E-state index < -0.39 is 0 Å². The van der Waals surface area contributed by atoms with Crippen LogP contribution in [0.3, 0.4) is 0 Å². The van der Waals surface area contributed by atoms with Crippen molar-refractivity contribution in [2.45, 2.75) is 19.8 Å². The summed E-state index contributed by atoms with van der Waals surface area (Å²) in [6, 6.07) is 3.43. The van der Waals surface area contributed by atoms with Crippen LogP contribution in [0.4, 0.5) is 4.79 Å². The number of hydrogen-bond donors (Lipinski definition) is 2. The minimum atomic E-state index is -0.290. The summed E-state index contributed by atoms with van der Waals surface area (Å²) < 4.78 is 4.94. The van der Waals surface area contributed by atoms with E-state index in [-0.39, 0.29) is 12.0 Å². The molecule has 1 aromatic rings. The summed E-state index contributed by atoms with van der Waals surface area (Å²) in [4.78, 5) is 27.6. The minimum Gasteiger partial charge on any atom is -0.450 e. The molecule has 2 N–H and O–H groups in total. The molecule has 0 aromatic carbocycles. The van der Waals surface area contributed by atoms with E-state index in [1.165, 1.54) is 0 Å². The highest BCUT2D eigenvalue weighted by Crippen LogP contribution is 2.08. The maximum Gasteiger partial charge on any atom is 0.409 e. The summed E-state index contributed by atoms with van der Waals surface area (Å²) in [5, 5.41) is 4.10. The lowest BCUT2D eigenvalue weighted by molar-refractivity contribution is 0.0947. The van der Waals surface area contributed by atoms with Crippen LogP contribution in [0.1, 0.15) is 30.3 Å². The summed E-state index contributed by atoms with van der Waals surface area (Å²) in [6.07, 6.45) is 2.68. The van der Waals surface area contributed by atoms with Crippen LogP contribution in [0, 0.1) is 0 Å². The highest BCUT2D eigenvalue weighted by atomic mass is 16.6. The Bertz CT molecular complexity index is 486. The predicted octanol–water partition coefficient (Wildman–Crippen LogP) is 1.35. The Balaban J connectivity index is 1.80. The normalized spacial score (nSPS) is 14.8. The highest BCUT2D eigenvalue weighted by molar-refractivity contribution is 5.94. The van der Waals surface area contributed by atoms with E-state index in [0.717, 1.165) is 5.71 Å². The Morgan fingerprint density at radius 2 is 2.20 bits per heavy atom. The number of nitrogens with zero attached hydrogens (tertiary/aromatic N) is 2. The average Bonchev–Trinajstić information content (AvgIpc) is 3.00. The fraction of sp³-hybridized carbons (Fsp3) is 0.462. The molecule has 2 rings (SSSR count). The molecule has 1 aliphatic heterocycles. The molecule has 0 unspecified atom stereocenters. The summed E-state index contributed by atoms with van der Waals surface area (Å²) in [5.41, 5.74) is 3.86. The second-order valence-corrected chi connectivity index (χ2v) is 4.39. The first kappa shape index (κ1) is 14.1. The summed E-state index contributed by atoms with van der Waals surface area (Å²) in [7, 11) is 0.